The Morgan fingerprint density at radius 3 is 2.69 bits per heavy atom. The third-order valence-corrected chi connectivity index (χ3v) is 1.97. The highest BCUT2D eigenvalue weighted by Crippen LogP contribution is 2.12. The molecule has 2 aromatic heterocycles. The van der Waals surface area contributed by atoms with E-state index in [9.17, 15) is 4.79 Å². The van der Waals surface area contributed by atoms with Gasteiger partial charge in [0, 0.05) is 24.2 Å². The number of nitrogens with zero attached hydrogens (tertiary/aromatic N) is 4. The van der Waals surface area contributed by atoms with Crippen LogP contribution in [0.1, 0.15) is 16.1 Å². The van der Waals surface area contributed by atoms with Gasteiger partial charge in [0.1, 0.15) is 5.69 Å². The molecule has 6 heteroatoms. The first kappa shape index (κ1) is 10.2. The Bertz CT molecular complexity index is 528. The average molecular weight is 216 g/mol. The molecule has 0 radical (unpaired) electrons. The number of rotatable bonds is 2. The zero-order chi connectivity index (χ0) is 11.5. The molecular weight excluding hydrogens is 208 g/mol. The first-order chi connectivity index (χ1) is 7.68. The van der Waals surface area contributed by atoms with Crippen LogP contribution in [0.2, 0.25) is 0 Å². The number of hydrogen-bond acceptors (Lipinski definition) is 5. The summed E-state index contributed by atoms with van der Waals surface area (Å²) >= 11 is 0. The maximum Gasteiger partial charge on any atom is 0.354 e. The van der Waals surface area contributed by atoms with Gasteiger partial charge in [-0.25, -0.2) is 19.7 Å². The Morgan fingerprint density at radius 1 is 1.25 bits per heavy atom. The van der Waals surface area contributed by atoms with E-state index < -0.39 is 5.97 Å². The van der Waals surface area contributed by atoms with Crippen molar-refractivity contribution in [3.63, 3.8) is 0 Å². The third-order valence-electron chi connectivity index (χ3n) is 1.97. The first-order valence-electron chi connectivity index (χ1n) is 4.52. The normalized spacial score (nSPS) is 10.1. The summed E-state index contributed by atoms with van der Waals surface area (Å²) in [5.74, 6) is -0.818. The molecule has 0 aliphatic rings. The molecule has 2 heterocycles. The van der Waals surface area contributed by atoms with Crippen LogP contribution in [0.4, 0.5) is 0 Å². The molecule has 0 atom stereocenters. The van der Waals surface area contributed by atoms with Gasteiger partial charge < -0.3 is 5.11 Å². The monoisotopic (exact) mass is 216 g/mol. The van der Waals surface area contributed by atoms with Crippen LogP contribution in [0.25, 0.3) is 11.5 Å². The van der Waals surface area contributed by atoms with Crippen LogP contribution in [0, 0.1) is 6.92 Å². The lowest BCUT2D eigenvalue weighted by Gasteiger charge is -2.02. The number of carbonyl (C=O) groups is 1. The van der Waals surface area contributed by atoms with E-state index in [1.165, 1.54) is 24.8 Å². The summed E-state index contributed by atoms with van der Waals surface area (Å²) in [4.78, 5) is 26.7. The minimum atomic E-state index is -1.08. The maximum atomic E-state index is 10.9. The van der Waals surface area contributed by atoms with E-state index in [1.807, 2.05) is 0 Å². The summed E-state index contributed by atoms with van der Waals surface area (Å²) < 4.78 is 0. The molecule has 0 spiro atoms. The van der Waals surface area contributed by atoms with Crippen molar-refractivity contribution in [1.82, 2.24) is 19.9 Å². The summed E-state index contributed by atoms with van der Waals surface area (Å²) in [5.41, 5.74) is 0.945. The van der Waals surface area contributed by atoms with Crippen molar-refractivity contribution in [2.24, 2.45) is 0 Å². The van der Waals surface area contributed by atoms with Crippen LogP contribution in [-0.4, -0.2) is 31.0 Å². The minimum Gasteiger partial charge on any atom is -0.477 e. The molecule has 0 amide bonds. The highest BCUT2D eigenvalue weighted by molar-refractivity contribution is 5.87. The number of aryl methyl sites for hydroxylation is 1. The fraction of sp³-hybridized carbons (Fsp3) is 0.100. The lowest BCUT2D eigenvalue weighted by atomic mass is 10.2. The Labute approximate surface area is 91.1 Å². The van der Waals surface area contributed by atoms with Crippen molar-refractivity contribution in [2.45, 2.75) is 6.92 Å². The zero-order valence-corrected chi connectivity index (χ0v) is 8.45. The fourth-order valence-corrected chi connectivity index (χ4v) is 1.20. The van der Waals surface area contributed by atoms with Crippen LogP contribution >= 0.6 is 0 Å². The Morgan fingerprint density at radius 2 is 2.06 bits per heavy atom. The molecule has 0 saturated carbocycles. The second-order valence-corrected chi connectivity index (χ2v) is 3.12. The summed E-state index contributed by atoms with van der Waals surface area (Å²) in [5, 5.41) is 8.91. The predicted molar refractivity (Wildman–Crippen MR) is 54.8 cm³/mol. The van der Waals surface area contributed by atoms with Crippen LogP contribution in [0.15, 0.2) is 24.8 Å². The molecule has 0 bridgehead atoms. The average Bonchev–Trinajstić information content (AvgIpc) is 2.30. The van der Waals surface area contributed by atoms with Crippen molar-refractivity contribution in [2.75, 3.05) is 0 Å². The standard InChI is InChI=1S/C10H8N4O2/c1-6-4-13-9(14-8(6)10(15)16)7-5-11-2-3-12-7/h2-5H,1H3,(H,15,16). The van der Waals surface area contributed by atoms with Gasteiger partial charge in [0.05, 0.1) is 6.20 Å². The van der Waals surface area contributed by atoms with Gasteiger partial charge in [-0.3, -0.25) is 4.98 Å². The summed E-state index contributed by atoms with van der Waals surface area (Å²) in [7, 11) is 0. The third kappa shape index (κ3) is 1.85. The lowest BCUT2D eigenvalue weighted by molar-refractivity contribution is 0.0689. The van der Waals surface area contributed by atoms with Gasteiger partial charge in [-0.05, 0) is 6.92 Å². The highest BCUT2D eigenvalue weighted by Gasteiger charge is 2.12. The van der Waals surface area contributed by atoms with E-state index in [2.05, 4.69) is 19.9 Å². The summed E-state index contributed by atoms with van der Waals surface area (Å²) in [6, 6.07) is 0. The molecule has 1 N–H and O–H groups in total. The predicted octanol–water partition coefficient (Wildman–Crippen LogP) is 0.940. The van der Waals surface area contributed by atoms with Crippen molar-refractivity contribution in [3.05, 3.63) is 36.0 Å². The first-order valence-corrected chi connectivity index (χ1v) is 4.52. The van der Waals surface area contributed by atoms with Gasteiger partial charge in [-0.1, -0.05) is 0 Å². The van der Waals surface area contributed by atoms with E-state index in [4.69, 9.17) is 5.11 Å². The molecule has 2 rings (SSSR count). The van der Waals surface area contributed by atoms with Crippen LogP contribution < -0.4 is 0 Å². The van der Waals surface area contributed by atoms with E-state index in [0.717, 1.165) is 0 Å². The maximum absolute atomic E-state index is 10.9. The highest BCUT2D eigenvalue weighted by atomic mass is 16.4. The molecule has 16 heavy (non-hydrogen) atoms. The molecule has 0 fully saturated rings. The molecule has 6 nitrogen and oxygen atoms in total. The molecule has 0 saturated heterocycles. The number of aromatic carboxylic acids is 1. The number of hydrogen-bond donors (Lipinski definition) is 1. The molecule has 0 aliphatic heterocycles. The van der Waals surface area contributed by atoms with E-state index in [1.54, 1.807) is 6.92 Å². The number of carboxylic acids is 1. The smallest absolute Gasteiger partial charge is 0.354 e. The van der Waals surface area contributed by atoms with E-state index >= 15 is 0 Å². The minimum absolute atomic E-state index is 0.0179. The van der Waals surface area contributed by atoms with Crippen molar-refractivity contribution in [3.8, 4) is 11.5 Å². The Hall–Kier alpha value is -2.37. The second-order valence-electron chi connectivity index (χ2n) is 3.12. The van der Waals surface area contributed by atoms with E-state index in [-0.39, 0.29) is 11.5 Å². The van der Waals surface area contributed by atoms with Gasteiger partial charge >= 0.3 is 5.97 Å². The fourth-order valence-electron chi connectivity index (χ4n) is 1.20. The van der Waals surface area contributed by atoms with Crippen LogP contribution in [-0.2, 0) is 0 Å². The lowest BCUT2D eigenvalue weighted by Crippen LogP contribution is -2.06. The molecule has 0 aliphatic carbocycles. The molecule has 0 unspecified atom stereocenters. The zero-order valence-electron chi connectivity index (χ0n) is 8.45. The SMILES string of the molecule is Cc1cnc(-c2cnccn2)nc1C(=O)O. The molecule has 80 valence electrons. The topological polar surface area (TPSA) is 88.9 Å². The summed E-state index contributed by atoms with van der Waals surface area (Å²) in [6.07, 6.45) is 5.96. The van der Waals surface area contributed by atoms with Crippen LogP contribution in [0.3, 0.4) is 0 Å². The van der Waals surface area contributed by atoms with Crippen molar-refractivity contribution < 1.29 is 9.90 Å². The van der Waals surface area contributed by atoms with Gasteiger partial charge in [-0.15, -0.1) is 0 Å². The van der Waals surface area contributed by atoms with Gasteiger partial charge in [0.2, 0.25) is 0 Å². The molecular formula is C10H8N4O2. The van der Waals surface area contributed by atoms with Gasteiger partial charge in [-0.2, -0.15) is 0 Å². The number of aromatic nitrogens is 4. The van der Waals surface area contributed by atoms with Crippen molar-refractivity contribution in [1.29, 1.82) is 0 Å². The Balaban J connectivity index is 2.52. The van der Waals surface area contributed by atoms with Gasteiger partial charge in [0.15, 0.2) is 11.5 Å². The molecule has 2 aromatic rings. The number of carboxylic acid groups (broad SMARTS) is 1. The van der Waals surface area contributed by atoms with E-state index in [0.29, 0.717) is 11.3 Å². The summed E-state index contributed by atoms with van der Waals surface area (Å²) in [6.45, 7) is 1.64. The second kappa shape index (κ2) is 4.01. The Kier molecular flexibility index (Phi) is 2.55. The largest absolute Gasteiger partial charge is 0.477 e. The van der Waals surface area contributed by atoms with Crippen LogP contribution in [0.5, 0.6) is 0 Å². The molecule has 0 aromatic carbocycles. The quantitative estimate of drug-likeness (QED) is 0.803. The van der Waals surface area contributed by atoms with Crippen molar-refractivity contribution >= 4 is 5.97 Å². The van der Waals surface area contributed by atoms with Gasteiger partial charge in [0.25, 0.3) is 0 Å².